The van der Waals surface area contributed by atoms with Crippen LogP contribution >= 0.6 is 0 Å². The second-order valence-electron chi connectivity index (χ2n) is 10.8. The lowest BCUT2D eigenvalue weighted by molar-refractivity contribution is -0.173. The molecule has 0 saturated carbocycles. The van der Waals surface area contributed by atoms with Gasteiger partial charge in [-0.1, -0.05) is 25.1 Å². The monoisotopic (exact) mass is 598 g/mol. The van der Waals surface area contributed by atoms with Crippen molar-refractivity contribution in [1.82, 2.24) is 25.1 Å². The number of amides is 3. The molecule has 1 aromatic heterocycles. The molecule has 2 aliphatic rings. The number of alkyl halides is 3. The molecule has 3 heterocycles. The zero-order valence-electron chi connectivity index (χ0n) is 23.4. The number of carbonyl (C=O) groups excluding carboxylic acids is 2. The smallest absolute Gasteiger partial charge is 0.364 e. The minimum absolute atomic E-state index is 0.0730. The number of aromatic nitrogens is 2. The van der Waals surface area contributed by atoms with E-state index in [1.165, 1.54) is 17.0 Å². The lowest BCUT2D eigenvalue weighted by Crippen LogP contribution is -2.52. The normalized spacial score (nSPS) is 18.6. The first-order valence-electron chi connectivity index (χ1n) is 14.0. The maximum Gasteiger partial charge on any atom is 0.471 e. The van der Waals surface area contributed by atoms with Crippen LogP contribution in [0.15, 0.2) is 29.1 Å². The number of anilines is 1. The van der Waals surface area contributed by atoms with Crippen LogP contribution in [0, 0.1) is 11.6 Å². The van der Waals surface area contributed by atoms with E-state index >= 15 is 0 Å². The van der Waals surface area contributed by atoms with Gasteiger partial charge in [-0.3, -0.25) is 14.3 Å². The first kappa shape index (κ1) is 31.1. The molecule has 0 aliphatic carbocycles. The van der Waals surface area contributed by atoms with Crippen molar-refractivity contribution in [3.63, 3.8) is 0 Å². The summed E-state index contributed by atoms with van der Waals surface area (Å²) in [5.41, 5.74) is 0.627. The van der Waals surface area contributed by atoms with Gasteiger partial charge >= 0.3 is 23.8 Å². The number of nitrogens with one attached hydrogen (secondary N) is 4. The number of rotatable bonds is 9. The Balaban J connectivity index is 1.40. The summed E-state index contributed by atoms with van der Waals surface area (Å²) in [7, 11) is 0. The summed E-state index contributed by atoms with van der Waals surface area (Å²) in [5, 5.41) is 7.72. The molecular weight excluding hydrogens is 563 g/mol. The molecule has 3 amide bonds. The van der Waals surface area contributed by atoms with Gasteiger partial charge in [-0.2, -0.15) is 13.2 Å². The van der Waals surface area contributed by atoms with Crippen molar-refractivity contribution in [2.75, 3.05) is 25.0 Å². The maximum absolute atomic E-state index is 14.4. The van der Waals surface area contributed by atoms with E-state index in [0.29, 0.717) is 38.2 Å². The quantitative estimate of drug-likeness (QED) is 0.315. The highest BCUT2D eigenvalue weighted by molar-refractivity contribution is 5.81. The van der Waals surface area contributed by atoms with Crippen LogP contribution in [0.3, 0.4) is 0 Å². The fourth-order valence-electron chi connectivity index (χ4n) is 5.56. The standard InChI is InChI=1S/C28H35F5N6O3/c1-3-17(20-5-4-6-21(29)23(20)30)8-9-18(15-34-25(40)28(31,32)33)36-26(41)38-13-11-19(12-14-38)39-22-10-7-16(2)35-24(22)37-27(39)42/h4-7,10,16-19,35H,3,8-9,11-15H2,1-2H3,(H,34,40)(H,36,41)(H,37,42)/t16?,17-,18+/m0/s1. The Morgan fingerprint density at radius 1 is 1.14 bits per heavy atom. The molecule has 0 bridgehead atoms. The van der Waals surface area contributed by atoms with Crippen LogP contribution in [0.4, 0.5) is 32.6 Å². The Morgan fingerprint density at radius 2 is 1.86 bits per heavy atom. The van der Waals surface area contributed by atoms with Crippen molar-refractivity contribution in [1.29, 1.82) is 0 Å². The van der Waals surface area contributed by atoms with Crippen LogP contribution in [0.2, 0.25) is 0 Å². The molecule has 4 rings (SSSR count). The van der Waals surface area contributed by atoms with Crippen LogP contribution in [0.25, 0.3) is 6.08 Å². The number of benzene rings is 1. The van der Waals surface area contributed by atoms with Crippen molar-refractivity contribution in [2.24, 2.45) is 0 Å². The number of urea groups is 1. The third-order valence-corrected chi connectivity index (χ3v) is 7.87. The number of nitrogens with zero attached hydrogens (tertiary/aromatic N) is 2. The zero-order valence-corrected chi connectivity index (χ0v) is 23.4. The molecule has 42 heavy (non-hydrogen) atoms. The number of likely N-dealkylation sites (tertiary alicyclic amines) is 1. The molecule has 2 aromatic rings. The molecule has 230 valence electrons. The number of hydrogen-bond acceptors (Lipinski definition) is 4. The van der Waals surface area contributed by atoms with E-state index in [0.717, 1.165) is 11.8 Å². The Labute approximate surface area is 239 Å². The number of aromatic amines is 1. The predicted octanol–water partition coefficient (Wildman–Crippen LogP) is 4.65. The number of fused-ring (bicyclic) bond motifs is 1. The number of halogens is 5. The van der Waals surface area contributed by atoms with Crippen LogP contribution in [0.5, 0.6) is 0 Å². The molecule has 1 aromatic carbocycles. The maximum atomic E-state index is 14.4. The van der Waals surface area contributed by atoms with E-state index in [9.17, 15) is 36.3 Å². The first-order valence-corrected chi connectivity index (χ1v) is 14.0. The summed E-state index contributed by atoms with van der Waals surface area (Å²) in [4.78, 5) is 41.6. The highest BCUT2D eigenvalue weighted by Crippen LogP contribution is 2.30. The van der Waals surface area contributed by atoms with Crippen LogP contribution in [0.1, 0.15) is 69.2 Å². The van der Waals surface area contributed by atoms with E-state index in [-0.39, 0.29) is 36.2 Å². The largest absolute Gasteiger partial charge is 0.471 e. The Morgan fingerprint density at radius 3 is 2.52 bits per heavy atom. The van der Waals surface area contributed by atoms with Gasteiger partial charge in [-0.15, -0.1) is 0 Å². The van der Waals surface area contributed by atoms with Gasteiger partial charge in [-0.25, -0.2) is 18.4 Å². The Hall–Kier alpha value is -3.84. The van der Waals surface area contributed by atoms with E-state index in [4.69, 9.17) is 0 Å². The first-order chi connectivity index (χ1) is 19.9. The van der Waals surface area contributed by atoms with Gasteiger partial charge in [0.15, 0.2) is 11.6 Å². The van der Waals surface area contributed by atoms with Crippen molar-refractivity contribution in [2.45, 2.75) is 76.2 Å². The average molecular weight is 599 g/mol. The molecule has 0 radical (unpaired) electrons. The van der Waals surface area contributed by atoms with Gasteiger partial charge in [0.1, 0.15) is 5.82 Å². The molecule has 3 atom stereocenters. The van der Waals surface area contributed by atoms with Gasteiger partial charge in [-0.05, 0) is 62.7 Å². The van der Waals surface area contributed by atoms with Crippen molar-refractivity contribution in [3.8, 4) is 0 Å². The average Bonchev–Trinajstić information content (AvgIpc) is 3.27. The number of H-pyrrole nitrogens is 1. The molecule has 1 saturated heterocycles. The molecule has 4 N–H and O–H groups in total. The van der Waals surface area contributed by atoms with E-state index < -0.39 is 48.3 Å². The second-order valence-corrected chi connectivity index (χ2v) is 10.8. The lowest BCUT2D eigenvalue weighted by Gasteiger charge is -2.34. The lowest BCUT2D eigenvalue weighted by atomic mass is 9.89. The third-order valence-electron chi connectivity index (χ3n) is 7.87. The minimum atomic E-state index is -5.09. The summed E-state index contributed by atoms with van der Waals surface area (Å²) < 4.78 is 68.3. The molecule has 14 heteroatoms. The zero-order chi connectivity index (χ0) is 30.6. The van der Waals surface area contributed by atoms with Crippen molar-refractivity contribution < 1.29 is 31.5 Å². The molecule has 9 nitrogen and oxygen atoms in total. The SMILES string of the molecule is CC[C@@H](CC[C@H](CNC(=O)C(F)(F)F)NC(=O)N1CCC(n2c3c([nH]c2=O)NC(C)C=C3)CC1)c1cccc(F)c1F. The van der Waals surface area contributed by atoms with E-state index in [2.05, 4.69) is 15.6 Å². The fraction of sp³-hybridized carbons (Fsp3) is 0.536. The van der Waals surface area contributed by atoms with E-state index in [1.54, 1.807) is 11.5 Å². The number of piperidine rings is 1. The van der Waals surface area contributed by atoms with Gasteiger partial charge in [0.2, 0.25) is 0 Å². The number of carbonyl (C=O) groups is 2. The predicted molar refractivity (Wildman–Crippen MR) is 147 cm³/mol. The van der Waals surface area contributed by atoms with Crippen molar-refractivity contribution in [3.05, 3.63) is 57.7 Å². The summed E-state index contributed by atoms with van der Waals surface area (Å²) in [6, 6.07) is 2.33. The topological polar surface area (TPSA) is 111 Å². The summed E-state index contributed by atoms with van der Waals surface area (Å²) in [6.45, 7) is 3.83. The summed E-state index contributed by atoms with van der Waals surface area (Å²) in [6.07, 6.45) is 0.455. The second kappa shape index (κ2) is 13.0. The fourth-order valence-corrected chi connectivity index (χ4v) is 5.56. The highest BCUT2D eigenvalue weighted by atomic mass is 19.4. The number of imidazole rings is 1. The molecule has 2 aliphatic heterocycles. The number of hydrogen-bond donors (Lipinski definition) is 4. The highest BCUT2D eigenvalue weighted by Gasteiger charge is 2.39. The molecular formula is C28H35F5N6O3. The molecule has 1 unspecified atom stereocenters. The third kappa shape index (κ3) is 7.13. The van der Waals surface area contributed by atoms with Gasteiger partial charge in [0.25, 0.3) is 0 Å². The summed E-state index contributed by atoms with van der Waals surface area (Å²) >= 11 is 0. The van der Waals surface area contributed by atoms with Crippen LogP contribution < -0.4 is 21.6 Å². The summed E-state index contributed by atoms with van der Waals surface area (Å²) in [5.74, 6) is -3.93. The Bertz CT molecular complexity index is 1360. The Kier molecular flexibility index (Phi) is 9.62. The molecule has 1 fully saturated rings. The van der Waals surface area contributed by atoms with Crippen molar-refractivity contribution >= 4 is 23.8 Å². The van der Waals surface area contributed by atoms with Crippen LogP contribution in [-0.4, -0.2) is 64.3 Å². The van der Waals surface area contributed by atoms with E-state index in [1.807, 2.05) is 24.4 Å². The van der Waals surface area contributed by atoms with Gasteiger partial charge < -0.3 is 20.9 Å². The molecule has 0 spiro atoms. The van der Waals surface area contributed by atoms with Gasteiger partial charge in [0.05, 0.1) is 5.69 Å². The van der Waals surface area contributed by atoms with Gasteiger partial charge in [0, 0.05) is 37.8 Å². The minimum Gasteiger partial charge on any atom is -0.364 e. The van der Waals surface area contributed by atoms with Crippen LogP contribution in [-0.2, 0) is 4.79 Å².